The summed E-state index contributed by atoms with van der Waals surface area (Å²) in [4.78, 5) is 15.3. The van der Waals surface area contributed by atoms with E-state index < -0.39 is 17.8 Å². The van der Waals surface area contributed by atoms with Gasteiger partial charge in [-0.3, -0.25) is 0 Å². The number of carbonyl (C=O) groups is 1. The van der Waals surface area contributed by atoms with Crippen molar-refractivity contribution in [2.75, 3.05) is 23.7 Å². The molecule has 3 N–H and O–H groups in total. The first-order valence-electron chi connectivity index (χ1n) is 6.93. The van der Waals surface area contributed by atoms with Gasteiger partial charge in [-0.15, -0.1) is 0 Å². The quantitative estimate of drug-likeness (QED) is 0.708. The Hall–Kier alpha value is -2.48. The number of carbonyl (C=O) groups excluding carboxylic acids is 1. The number of para-hydroxylation sites is 1. The highest BCUT2D eigenvalue weighted by atomic mass is 35.5. The molecule has 1 aromatic heterocycles. The van der Waals surface area contributed by atoms with Gasteiger partial charge in [0, 0.05) is 25.0 Å². The molecule has 1 heterocycles. The van der Waals surface area contributed by atoms with Gasteiger partial charge in [-0.1, -0.05) is 29.8 Å². The van der Waals surface area contributed by atoms with Crippen LogP contribution >= 0.6 is 11.6 Å². The molecule has 0 unspecified atom stereocenters. The average Bonchev–Trinajstić information content (AvgIpc) is 2.52. The summed E-state index contributed by atoms with van der Waals surface area (Å²) < 4.78 is 37.5. The Labute approximate surface area is 141 Å². The van der Waals surface area contributed by atoms with Crippen molar-refractivity contribution in [2.45, 2.75) is 6.18 Å². The molecule has 1 aromatic carbocycles. The van der Waals surface area contributed by atoms with Gasteiger partial charge in [-0.05, 0) is 18.2 Å². The molecule has 0 spiro atoms. The van der Waals surface area contributed by atoms with Crippen molar-refractivity contribution in [3.8, 4) is 0 Å². The van der Waals surface area contributed by atoms with Crippen LogP contribution in [0, 0.1) is 0 Å². The number of anilines is 2. The normalized spacial score (nSPS) is 11.0. The number of urea groups is 1. The fourth-order valence-electron chi connectivity index (χ4n) is 1.78. The van der Waals surface area contributed by atoms with E-state index in [0.717, 1.165) is 6.07 Å². The topological polar surface area (TPSA) is 66.0 Å². The Morgan fingerprint density at radius 1 is 1.17 bits per heavy atom. The van der Waals surface area contributed by atoms with Gasteiger partial charge < -0.3 is 16.0 Å². The summed E-state index contributed by atoms with van der Waals surface area (Å²) in [6, 6.07) is 9.29. The smallest absolute Gasteiger partial charge is 0.367 e. The summed E-state index contributed by atoms with van der Waals surface area (Å²) in [5.41, 5.74) is -0.270. The molecule has 2 rings (SSSR count). The molecular weight excluding hydrogens is 345 g/mol. The number of hydrogen-bond acceptors (Lipinski definition) is 3. The van der Waals surface area contributed by atoms with E-state index in [1.165, 1.54) is 0 Å². The second kappa shape index (κ2) is 7.87. The van der Waals surface area contributed by atoms with E-state index in [1.54, 1.807) is 24.3 Å². The standard InChI is InChI=1S/C15H14ClF3N4O/c16-12-8-10(15(17,18)19)9-22-13(12)20-6-7-21-14(24)23-11-4-2-1-3-5-11/h1-5,8-9H,6-7H2,(H,20,22)(H2,21,23,24). The highest BCUT2D eigenvalue weighted by molar-refractivity contribution is 6.32. The van der Waals surface area contributed by atoms with Gasteiger partial charge >= 0.3 is 12.2 Å². The number of pyridine rings is 1. The van der Waals surface area contributed by atoms with E-state index in [4.69, 9.17) is 11.6 Å². The Balaban J connectivity index is 1.77. The number of rotatable bonds is 5. The third-order valence-corrected chi connectivity index (χ3v) is 3.19. The van der Waals surface area contributed by atoms with E-state index in [2.05, 4.69) is 20.9 Å². The summed E-state index contributed by atoms with van der Waals surface area (Å²) >= 11 is 5.76. The highest BCUT2D eigenvalue weighted by Crippen LogP contribution is 2.32. The lowest BCUT2D eigenvalue weighted by Gasteiger charge is -2.11. The van der Waals surface area contributed by atoms with Crippen LogP contribution in [0.1, 0.15) is 5.56 Å². The Bertz CT molecular complexity index is 695. The van der Waals surface area contributed by atoms with E-state index in [1.807, 2.05) is 6.07 Å². The number of nitrogens with zero attached hydrogens (tertiary/aromatic N) is 1. The number of alkyl halides is 3. The molecule has 0 aliphatic carbocycles. The fraction of sp³-hybridized carbons (Fsp3) is 0.200. The van der Waals surface area contributed by atoms with E-state index in [-0.39, 0.29) is 23.9 Å². The van der Waals surface area contributed by atoms with Crippen LogP contribution < -0.4 is 16.0 Å². The number of amides is 2. The molecule has 0 bridgehead atoms. The van der Waals surface area contributed by atoms with Crippen molar-refractivity contribution in [1.82, 2.24) is 10.3 Å². The minimum absolute atomic E-state index is 0.120. The van der Waals surface area contributed by atoms with Crippen molar-refractivity contribution in [2.24, 2.45) is 0 Å². The highest BCUT2D eigenvalue weighted by Gasteiger charge is 2.31. The van der Waals surface area contributed by atoms with Crippen LogP contribution in [-0.4, -0.2) is 24.1 Å². The maximum atomic E-state index is 12.5. The third kappa shape index (κ3) is 5.31. The summed E-state index contributed by atoms with van der Waals surface area (Å²) in [5.74, 6) is 0.120. The van der Waals surface area contributed by atoms with Crippen molar-refractivity contribution in [1.29, 1.82) is 0 Å². The van der Waals surface area contributed by atoms with Gasteiger partial charge in [0.1, 0.15) is 5.82 Å². The minimum Gasteiger partial charge on any atom is -0.367 e. The van der Waals surface area contributed by atoms with Gasteiger partial charge in [-0.2, -0.15) is 13.2 Å². The van der Waals surface area contributed by atoms with Crippen LogP contribution in [0.2, 0.25) is 5.02 Å². The van der Waals surface area contributed by atoms with Gasteiger partial charge in [0.05, 0.1) is 10.6 Å². The Morgan fingerprint density at radius 2 is 1.88 bits per heavy atom. The average molecular weight is 359 g/mol. The maximum Gasteiger partial charge on any atom is 0.417 e. The molecule has 24 heavy (non-hydrogen) atoms. The van der Waals surface area contributed by atoms with Crippen molar-refractivity contribution in [3.05, 3.63) is 53.2 Å². The lowest BCUT2D eigenvalue weighted by molar-refractivity contribution is -0.137. The molecule has 0 fully saturated rings. The number of halogens is 4. The SMILES string of the molecule is O=C(NCCNc1ncc(C(F)(F)F)cc1Cl)Nc1ccccc1. The predicted molar refractivity (Wildman–Crippen MR) is 86.2 cm³/mol. The monoisotopic (exact) mass is 358 g/mol. The lowest BCUT2D eigenvalue weighted by atomic mass is 10.3. The molecule has 9 heteroatoms. The van der Waals surface area contributed by atoms with Crippen LogP contribution in [0.4, 0.5) is 29.5 Å². The maximum absolute atomic E-state index is 12.5. The molecule has 0 aliphatic heterocycles. The van der Waals surface area contributed by atoms with E-state index >= 15 is 0 Å². The van der Waals surface area contributed by atoms with Gasteiger partial charge in [0.15, 0.2) is 0 Å². The Kier molecular flexibility index (Phi) is 5.86. The van der Waals surface area contributed by atoms with Gasteiger partial charge in [0.2, 0.25) is 0 Å². The van der Waals surface area contributed by atoms with Crippen molar-refractivity contribution < 1.29 is 18.0 Å². The van der Waals surface area contributed by atoms with Crippen LogP contribution in [0.3, 0.4) is 0 Å². The van der Waals surface area contributed by atoms with Crippen LogP contribution in [0.15, 0.2) is 42.6 Å². The first-order valence-corrected chi connectivity index (χ1v) is 7.30. The van der Waals surface area contributed by atoms with E-state index in [0.29, 0.717) is 11.9 Å². The Morgan fingerprint density at radius 3 is 2.50 bits per heavy atom. The zero-order valence-corrected chi connectivity index (χ0v) is 13.1. The van der Waals surface area contributed by atoms with Crippen LogP contribution in [0.5, 0.6) is 0 Å². The first kappa shape index (κ1) is 17.9. The molecular formula is C15H14ClF3N4O. The van der Waals surface area contributed by atoms with Crippen LogP contribution in [0.25, 0.3) is 0 Å². The number of aromatic nitrogens is 1. The predicted octanol–water partition coefficient (Wildman–Crippen LogP) is 3.99. The van der Waals surface area contributed by atoms with Crippen LogP contribution in [-0.2, 0) is 6.18 Å². The second-order valence-corrected chi connectivity index (χ2v) is 5.13. The van der Waals surface area contributed by atoms with Gasteiger partial charge in [-0.25, -0.2) is 9.78 Å². The lowest BCUT2D eigenvalue weighted by Crippen LogP contribution is -2.32. The molecule has 2 amide bonds. The molecule has 128 valence electrons. The largest absolute Gasteiger partial charge is 0.417 e. The van der Waals surface area contributed by atoms with Crippen molar-refractivity contribution >= 4 is 29.1 Å². The summed E-state index contributed by atoms with van der Waals surface area (Å²) in [7, 11) is 0. The molecule has 0 aliphatic rings. The molecule has 0 atom stereocenters. The molecule has 2 aromatic rings. The first-order chi connectivity index (χ1) is 11.4. The zero-order chi connectivity index (χ0) is 17.6. The second-order valence-electron chi connectivity index (χ2n) is 4.73. The van der Waals surface area contributed by atoms with E-state index in [9.17, 15) is 18.0 Å². The third-order valence-electron chi connectivity index (χ3n) is 2.90. The molecule has 0 radical (unpaired) electrons. The van der Waals surface area contributed by atoms with Crippen molar-refractivity contribution in [3.63, 3.8) is 0 Å². The minimum atomic E-state index is -4.49. The number of benzene rings is 1. The number of hydrogen-bond donors (Lipinski definition) is 3. The fourth-order valence-corrected chi connectivity index (χ4v) is 2.01. The summed E-state index contributed by atoms with van der Waals surface area (Å²) in [5, 5.41) is 7.84. The molecule has 0 saturated heterocycles. The zero-order valence-electron chi connectivity index (χ0n) is 12.3. The summed E-state index contributed by atoms with van der Waals surface area (Å²) in [6.07, 6.45) is -3.80. The molecule has 5 nitrogen and oxygen atoms in total. The number of nitrogens with one attached hydrogen (secondary N) is 3. The summed E-state index contributed by atoms with van der Waals surface area (Å²) in [6.45, 7) is 0.484. The molecule has 0 saturated carbocycles. The van der Waals surface area contributed by atoms with Gasteiger partial charge in [0.25, 0.3) is 0 Å².